The lowest BCUT2D eigenvalue weighted by Crippen LogP contribution is -2.43. The van der Waals surface area contributed by atoms with Crippen molar-refractivity contribution in [3.63, 3.8) is 0 Å². The molecule has 72 valence electrons. The molecule has 1 N–H and O–H groups in total. The molecule has 0 aliphatic heterocycles. The predicted molar refractivity (Wildman–Crippen MR) is 38.6 cm³/mol. The average molecular weight is 182 g/mol. The van der Waals surface area contributed by atoms with Gasteiger partial charge in [-0.2, -0.15) is 13.2 Å². The molecule has 0 heterocycles. The van der Waals surface area contributed by atoms with Crippen molar-refractivity contribution in [3.8, 4) is 0 Å². The summed E-state index contributed by atoms with van der Waals surface area (Å²) < 4.78 is 35.2. The topological polar surface area (TPSA) is 20.2 Å². The van der Waals surface area contributed by atoms with Crippen LogP contribution in [0.1, 0.15) is 32.6 Å². The highest BCUT2D eigenvalue weighted by Gasteiger charge is 2.42. The van der Waals surface area contributed by atoms with E-state index in [1.54, 1.807) is 0 Å². The molecule has 0 bridgehead atoms. The maximum absolute atomic E-state index is 11.7. The van der Waals surface area contributed by atoms with E-state index in [0.29, 0.717) is 18.8 Å². The summed E-state index contributed by atoms with van der Waals surface area (Å²) in [5.41, 5.74) is -1.02. The predicted octanol–water partition coefficient (Wildman–Crippen LogP) is 2.49. The molecule has 0 spiro atoms. The molecule has 1 rings (SSSR count). The minimum atomic E-state index is -4.13. The molecule has 0 saturated heterocycles. The summed E-state index contributed by atoms with van der Waals surface area (Å²) in [7, 11) is 0. The summed E-state index contributed by atoms with van der Waals surface area (Å²) in [4.78, 5) is 0. The Labute approximate surface area is 69.6 Å². The molecule has 0 amide bonds. The highest BCUT2D eigenvalue weighted by atomic mass is 19.4. The first-order chi connectivity index (χ1) is 5.31. The van der Waals surface area contributed by atoms with E-state index in [0.717, 1.165) is 0 Å². The first-order valence-corrected chi connectivity index (χ1v) is 4.10. The molecular weight excluding hydrogens is 169 g/mol. The summed E-state index contributed by atoms with van der Waals surface area (Å²) in [6.07, 6.45) is -4.10. The third-order valence-corrected chi connectivity index (χ3v) is 2.33. The lowest BCUT2D eigenvalue weighted by atomic mass is 9.70. The van der Waals surface area contributed by atoms with E-state index in [-0.39, 0.29) is 6.42 Å². The molecule has 0 aromatic heterocycles. The maximum atomic E-state index is 11.7. The number of alkyl halides is 3. The van der Waals surface area contributed by atoms with Gasteiger partial charge in [-0.15, -0.1) is 0 Å². The van der Waals surface area contributed by atoms with Crippen LogP contribution >= 0.6 is 0 Å². The van der Waals surface area contributed by atoms with Gasteiger partial charge in [0.1, 0.15) is 0 Å². The molecule has 12 heavy (non-hydrogen) atoms. The van der Waals surface area contributed by atoms with Crippen LogP contribution in [0.15, 0.2) is 0 Å². The second kappa shape index (κ2) is 2.91. The summed E-state index contributed by atoms with van der Waals surface area (Å²) in [5.74, 6) is 0.378. The van der Waals surface area contributed by atoms with Crippen LogP contribution in [0.25, 0.3) is 0 Å². The zero-order valence-corrected chi connectivity index (χ0v) is 6.99. The van der Waals surface area contributed by atoms with Crippen molar-refractivity contribution in [2.24, 2.45) is 5.92 Å². The van der Waals surface area contributed by atoms with Crippen LogP contribution in [0.5, 0.6) is 0 Å². The van der Waals surface area contributed by atoms with Crippen LogP contribution in [0.4, 0.5) is 13.2 Å². The van der Waals surface area contributed by atoms with Gasteiger partial charge in [-0.3, -0.25) is 0 Å². The maximum Gasteiger partial charge on any atom is 0.389 e. The molecule has 0 aromatic rings. The first-order valence-electron chi connectivity index (χ1n) is 4.10. The molecule has 1 saturated carbocycles. The van der Waals surface area contributed by atoms with E-state index >= 15 is 0 Å². The van der Waals surface area contributed by atoms with E-state index in [1.165, 1.54) is 0 Å². The number of hydrogen-bond donors (Lipinski definition) is 1. The highest BCUT2D eigenvalue weighted by molar-refractivity contribution is 4.92. The van der Waals surface area contributed by atoms with Gasteiger partial charge in [0.2, 0.25) is 0 Å². The third-order valence-electron chi connectivity index (χ3n) is 2.33. The lowest BCUT2D eigenvalue weighted by molar-refractivity contribution is -0.159. The Morgan fingerprint density at radius 2 is 1.92 bits per heavy atom. The van der Waals surface area contributed by atoms with Gasteiger partial charge in [-0.05, 0) is 25.2 Å². The second-order valence-electron chi connectivity index (χ2n) is 3.85. The Kier molecular flexibility index (Phi) is 2.38. The number of aliphatic hydroxyl groups is 1. The van der Waals surface area contributed by atoms with E-state index < -0.39 is 18.2 Å². The number of rotatable bonds is 2. The summed E-state index contributed by atoms with van der Waals surface area (Å²) >= 11 is 0. The molecule has 1 aliphatic carbocycles. The van der Waals surface area contributed by atoms with Crippen LogP contribution in [-0.4, -0.2) is 16.9 Å². The molecule has 1 fully saturated rings. The van der Waals surface area contributed by atoms with E-state index in [4.69, 9.17) is 0 Å². The third kappa shape index (κ3) is 2.66. The van der Waals surface area contributed by atoms with Crippen LogP contribution in [0, 0.1) is 5.92 Å². The van der Waals surface area contributed by atoms with E-state index in [2.05, 4.69) is 0 Å². The van der Waals surface area contributed by atoms with Gasteiger partial charge >= 0.3 is 6.18 Å². The minimum Gasteiger partial charge on any atom is -0.390 e. The molecule has 0 atom stereocenters. The van der Waals surface area contributed by atoms with Gasteiger partial charge in [0.25, 0.3) is 0 Å². The largest absolute Gasteiger partial charge is 0.390 e. The number of hydrogen-bond acceptors (Lipinski definition) is 1. The van der Waals surface area contributed by atoms with Gasteiger partial charge in [0, 0.05) is 6.42 Å². The molecule has 4 heteroatoms. The normalized spacial score (nSPS) is 36.2. The zero-order chi connectivity index (χ0) is 9.41. The minimum absolute atomic E-state index is 0.138. The Morgan fingerprint density at radius 1 is 1.42 bits per heavy atom. The SMILES string of the molecule is CC1CC(O)(CCC(F)(F)F)C1. The van der Waals surface area contributed by atoms with E-state index in [9.17, 15) is 18.3 Å². The van der Waals surface area contributed by atoms with Gasteiger partial charge in [-0.1, -0.05) is 6.92 Å². The standard InChI is InChI=1S/C8H13F3O/c1-6-4-7(12,5-6)2-3-8(9,10)11/h6,12H,2-5H2,1H3. The Balaban J connectivity index is 2.24. The van der Waals surface area contributed by atoms with Crippen molar-refractivity contribution in [1.29, 1.82) is 0 Å². The van der Waals surface area contributed by atoms with Crippen LogP contribution in [0.3, 0.4) is 0 Å². The first kappa shape index (κ1) is 9.84. The fourth-order valence-electron chi connectivity index (χ4n) is 1.82. The van der Waals surface area contributed by atoms with Crippen molar-refractivity contribution < 1.29 is 18.3 Å². The lowest BCUT2D eigenvalue weighted by Gasteiger charge is -2.42. The number of halogens is 3. The van der Waals surface area contributed by atoms with E-state index in [1.807, 2.05) is 6.92 Å². The van der Waals surface area contributed by atoms with Crippen LogP contribution in [-0.2, 0) is 0 Å². The van der Waals surface area contributed by atoms with Gasteiger partial charge in [0.15, 0.2) is 0 Å². The molecule has 1 nitrogen and oxygen atoms in total. The van der Waals surface area contributed by atoms with Gasteiger partial charge in [0.05, 0.1) is 5.60 Å². The van der Waals surface area contributed by atoms with Crippen molar-refractivity contribution in [3.05, 3.63) is 0 Å². The van der Waals surface area contributed by atoms with Crippen molar-refractivity contribution in [2.75, 3.05) is 0 Å². The summed E-state index contributed by atoms with van der Waals surface area (Å²) in [6, 6.07) is 0. The highest BCUT2D eigenvalue weighted by Crippen LogP contribution is 2.42. The summed E-state index contributed by atoms with van der Waals surface area (Å²) in [5, 5.41) is 9.44. The Morgan fingerprint density at radius 3 is 2.25 bits per heavy atom. The van der Waals surface area contributed by atoms with Crippen LogP contribution in [0.2, 0.25) is 0 Å². The van der Waals surface area contributed by atoms with Gasteiger partial charge < -0.3 is 5.11 Å². The van der Waals surface area contributed by atoms with Crippen molar-refractivity contribution in [1.82, 2.24) is 0 Å². The molecule has 0 radical (unpaired) electrons. The monoisotopic (exact) mass is 182 g/mol. The Bertz CT molecular complexity index is 158. The Hall–Kier alpha value is -0.250. The molecule has 0 unspecified atom stereocenters. The fraction of sp³-hybridized carbons (Fsp3) is 1.00. The molecular formula is C8H13F3O. The zero-order valence-electron chi connectivity index (χ0n) is 6.99. The quantitative estimate of drug-likeness (QED) is 0.695. The smallest absolute Gasteiger partial charge is 0.389 e. The summed E-state index contributed by atoms with van der Waals surface area (Å²) in [6.45, 7) is 1.93. The van der Waals surface area contributed by atoms with Crippen molar-refractivity contribution >= 4 is 0 Å². The average Bonchev–Trinajstić information content (AvgIpc) is 1.79. The molecule has 1 aliphatic rings. The van der Waals surface area contributed by atoms with Crippen molar-refractivity contribution in [2.45, 2.75) is 44.4 Å². The van der Waals surface area contributed by atoms with Gasteiger partial charge in [-0.25, -0.2) is 0 Å². The fourth-order valence-corrected chi connectivity index (χ4v) is 1.82. The molecule has 0 aromatic carbocycles. The van der Waals surface area contributed by atoms with Crippen LogP contribution < -0.4 is 0 Å². The second-order valence-corrected chi connectivity index (χ2v) is 3.85.